The molecule has 0 aromatic heterocycles. The Labute approximate surface area is 144 Å². The van der Waals surface area contributed by atoms with Crippen LogP contribution in [0.2, 0.25) is 0 Å². The third-order valence-electron chi connectivity index (χ3n) is 3.88. The minimum atomic E-state index is -0.477. The Hall–Kier alpha value is -1.30. The molecule has 3 nitrogen and oxygen atoms in total. The first-order valence-corrected chi connectivity index (χ1v) is 8.57. The summed E-state index contributed by atoms with van der Waals surface area (Å²) in [5.74, 6) is 0.310. The molecule has 22 heavy (non-hydrogen) atoms. The third kappa shape index (κ3) is 2.69. The smallest absolute Gasteiger partial charge is 0.414 e. The Morgan fingerprint density at radius 2 is 1.95 bits per heavy atom. The second-order valence-electron chi connectivity index (χ2n) is 6.83. The predicted octanol–water partition coefficient (Wildman–Crippen LogP) is 5.30. The molecule has 1 aliphatic heterocycles. The van der Waals surface area contributed by atoms with E-state index in [-0.39, 0.29) is 6.09 Å². The van der Waals surface area contributed by atoms with Crippen LogP contribution < -0.4 is 4.90 Å². The van der Waals surface area contributed by atoms with Gasteiger partial charge in [0.05, 0.1) is 5.69 Å². The number of hydrogen-bond donors (Lipinski definition) is 0. The second-order valence-corrected chi connectivity index (χ2v) is 7.99. The van der Waals surface area contributed by atoms with Gasteiger partial charge in [-0.1, -0.05) is 25.1 Å². The molecule has 0 saturated heterocycles. The molecule has 3 rings (SSSR count). The van der Waals surface area contributed by atoms with Gasteiger partial charge in [0.25, 0.3) is 0 Å². The van der Waals surface area contributed by atoms with Crippen LogP contribution in [0.4, 0.5) is 10.5 Å². The highest BCUT2D eigenvalue weighted by atomic mass is 127. The van der Waals surface area contributed by atoms with Gasteiger partial charge in [-0.3, -0.25) is 4.90 Å². The molecule has 0 aliphatic carbocycles. The highest BCUT2D eigenvalue weighted by Crippen LogP contribution is 2.42. The van der Waals surface area contributed by atoms with Gasteiger partial charge in [-0.05, 0) is 71.8 Å². The van der Waals surface area contributed by atoms with Crippen LogP contribution in [-0.2, 0) is 4.74 Å². The quantitative estimate of drug-likeness (QED) is 0.553. The number of fused-ring (bicyclic) bond motifs is 3. The first kappa shape index (κ1) is 15.6. The standard InChI is InChI=1S/C18H20INO2/c1-11-10-20(17(21)22-18(2,3)4)15-9-8-12-13(16(11)15)6-5-7-14(12)19/h5-9,11H,10H2,1-4H3. The lowest BCUT2D eigenvalue weighted by Gasteiger charge is -2.25. The van der Waals surface area contributed by atoms with Crippen molar-refractivity contribution in [1.29, 1.82) is 0 Å². The van der Waals surface area contributed by atoms with Gasteiger partial charge < -0.3 is 4.74 Å². The molecule has 0 N–H and O–H groups in total. The van der Waals surface area contributed by atoms with Gasteiger partial charge in [0.2, 0.25) is 0 Å². The van der Waals surface area contributed by atoms with Gasteiger partial charge in [0.1, 0.15) is 5.60 Å². The molecule has 116 valence electrons. The maximum Gasteiger partial charge on any atom is 0.414 e. The van der Waals surface area contributed by atoms with Gasteiger partial charge in [-0.15, -0.1) is 0 Å². The monoisotopic (exact) mass is 409 g/mol. The highest BCUT2D eigenvalue weighted by Gasteiger charge is 2.34. The normalized spacial score (nSPS) is 17.7. The van der Waals surface area contributed by atoms with Crippen molar-refractivity contribution in [2.75, 3.05) is 11.4 Å². The van der Waals surface area contributed by atoms with Crippen LogP contribution in [0, 0.1) is 3.57 Å². The maximum absolute atomic E-state index is 12.5. The fraction of sp³-hybridized carbons (Fsp3) is 0.389. The summed E-state index contributed by atoms with van der Waals surface area (Å²) < 4.78 is 6.78. The minimum Gasteiger partial charge on any atom is -0.443 e. The number of halogens is 1. The van der Waals surface area contributed by atoms with Crippen molar-refractivity contribution in [3.05, 3.63) is 39.5 Å². The Morgan fingerprint density at radius 3 is 2.64 bits per heavy atom. The van der Waals surface area contributed by atoms with E-state index in [2.05, 4.69) is 53.8 Å². The molecular weight excluding hydrogens is 389 g/mol. The molecule has 1 atom stereocenters. The number of carbonyl (C=O) groups is 1. The molecule has 0 saturated carbocycles. The zero-order valence-electron chi connectivity index (χ0n) is 13.3. The number of rotatable bonds is 0. The van der Waals surface area contributed by atoms with E-state index >= 15 is 0 Å². The number of benzene rings is 2. The van der Waals surface area contributed by atoms with Gasteiger partial charge >= 0.3 is 6.09 Å². The molecule has 1 aliphatic rings. The first-order chi connectivity index (χ1) is 10.3. The van der Waals surface area contributed by atoms with E-state index in [1.54, 1.807) is 4.90 Å². The van der Waals surface area contributed by atoms with Crippen LogP contribution in [0.1, 0.15) is 39.2 Å². The molecule has 0 bridgehead atoms. The minimum absolute atomic E-state index is 0.261. The Kier molecular flexibility index (Phi) is 3.83. The van der Waals surface area contributed by atoms with E-state index in [1.165, 1.54) is 19.9 Å². The van der Waals surface area contributed by atoms with E-state index in [0.717, 1.165) is 5.69 Å². The van der Waals surface area contributed by atoms with E-state index < -0.39 is 5.60 Å². The molecular formula is C18H20INO2. The average molecular weight is 409 g/mol. The number of hydrogen-bond acceptors (Lipinski definition) is 2. The zero-order chi connectivity index (χ0) is 16.1. The number of ether oxygens (including phenoxy) is 1. The first-order valence-electron chi connectivity index (χ1n) is 7.49. The number of amides is 1. The van der Waals surface area contributed by atoms with Crippen LogP contribution in [0.25, 0.3) is 10.8 Å². The van der Waals surface area contributed by atoms with Crippen molar-refractivity contribution in [3.63, 3.8) is 0 Å². The SMILES string of the molecule is CC1CN(C(=O)OC(C)(C)C)c2ccc3c(I)cccc3c21. The highest BCUT2D eigenvalue weighted by molar-refractivity contribution is 14.1. The van der Waals surface area contributed by atoms with Crippen LogP contribution in [0.3, 0.4) is 0 Å². The van der Waals surface area contributed by atoms with Gasteiger partial charge in [-0.2, -0.15) is 0 Å². The topological polar surface area (TPSA) is 29.5 Å². The molecule has 2 aromatic carbocycles. The number of carbonyl (C=O) groups excluding carboxylic acids is 1. The summed E-state index contributed by atoms with van der Waals surface area (Å²) in [5, 5.41) is 2.49. The molecule has 0 fully saturated rings. The predicted molar refractivity (Wildman–Crippen MR) is 98.7 cm³/mol. The summed E-state index contributed by atoms with van der Waals surface area (Å²) in [6.45, 7) is 8.54. The second kappa shape index (κ2) is 5.41. The molecule has 1 unspecified atom stereocenters. The fourth-order valence-electron chi connectivity index (χ4n) is 3.04. The Bertz CT molecular complexity index is 749. The van der Waals surface area contributed by atoms with Crippen LogP contribution in [0.5, 0.6) is 0 Å². The van der Waals surface area contributed by atoms with Crippen molar-refractivity contribution >= 4 is 45.1 Å². The molecule has 1 heterocycles. The molecule has 1 amide bonds. The summed E-state index contributed by atoms with van der Waals surface area (Å²) in [6.07, 6.45) is -0.261. The average Bonchev–Trinajstić information content (AvgIpc) is 2.75. The van der Waals surface area contributed by atoms with Gasteiger partial charge in [0, 0.05) is 16.0 Å². The van der Waals surface area contributed by atoms with Crippen LogP contribution >= 0.6 is 22.6 Å². The van der Waals surface area contributed by atoms with Crippen LogP contribution in [0.15, 0.2) is 30.3 Å². The lowest BCUT2D eigenvalue weighted by molar-refractivity contribution is 0.0582. The maximum atomic E-state index is 12.5. The molecule has 4 heteroatoms. The van der Waals surface area contributed by atoms with Crippen molar-refractivity contribution in [1.82, 2.24) is 0 Å². The van der Waals surface area contributed by atoms with Crippen LogP contribution in [-0.4, -0.2) is 18.2 Å². The zero-order valence-corrected chi connectivity index (χ0v) is 15.5. The van der Waals surface area contributed by atoms with Crippen molar-refractivity contribution in [3.8, 4) is 0 Å². The lowest BCUT2D eigenvalue weighted by Crippen LogP contribution is -2.36. The van der Waals surface area contributed by atoms with Crippen molar-refractivity contribution in [2.24, 2.45) is 0 Å². The number of anilines is 1. The molecule has 2 aromatic rings. The van der Waals surface area contributed by atoms with Crippen molar-refractivity contribution in [2.45, 2.75) is 39.2 Å². The third-order valence-corrected chi connectivity index (χ3v) is 4.82. The summed E-state index contributed by atoms with van der Waals surface area (Å²) in [6, 6.07) is 10.5. The van der Waals surface area contributed by atoms with E-state index in [1.807, 2.05) is 26.8 Å². The van der Waals surface area contributed by atoms with Crippen molar-refractivity contribution < 1.29 is 9.53 Å². The fourth-order valence-corrected chi connectivity index (χ4v) is 3.72. The number of nitrogens with zero attached hydrogens (tertiary/aromatic N) is 1. The summed E-state index contributed by atoms with van der Waals surface area (Å²) in [4.78, 5) is 14.2. The Morgan fingerprint density at radius 1 is 1.23 bits per heavy atom. The molecule has 0 spiro atoms. The molecule has 0 radical (unpaired) electrons. The Balaban J connectivity index is 2.08. The van der Waals surface area contributed by atoms with E-state index in [0.29, 0.717) is 12.5 Å². The summed E-state index contributed by atoms with van der Waals surface area (Å²) in [7, 11) is 0. The summed E-state index contributed by atoms with van der Waals surface area (Å²) in [5.41, 5.74) is 1.76. The van der Waals surface area contributed by atoms with Gasteiger partial charge in [-0.25, -0.2) is 4.79 Å². The van der Waals surface area contributed by atoms with E-state index in [9.17, 15) is 4.79 Å². The largest absolute Gasteiger partial charge is 0.443 e. The van der Waals surface area contributed by atoms with E-state index in [4.69, 9.17) is 4.74 Å². The lowest BCUT2D eigenvalue weighted by atomic mass is 9.96. The van der Waals surface area contributed by atoms with Gasteiger partial charge in [0.15, 0.2) is 0 Å². The summed E-state index contributed by atoms with van der Waals surface area (Å²) >= 11 is 2.36.